The molecule has 1 aromatic heterocycles. The number of hydrazone groups is 1. The lowest BCUT2D eigenvalue weighted by atomic mass is 9.91. The van der Waals surface area contributed by atoms with Crippen LogP contribution in [0.25, 0.3) is 0 Å². The number of carbonyl (C=O) groups is 1. The Morgan fingerprint density at radius 1 is 1.25 bits per heavy atom. The van der Waals surface area contributed by atoms with Crippen molar-refractivity contribution in [1.29, 1.82) is 0 Å². The number of methoxy groups -OCH3 is 1. The second-order valence-corrected chi connectivity index (χ2v) is 7.52. The third kappa shape index (κ3) is 2.49. The molecule has 7 nitrogen and oxygen atoms in total. The lowest BCUT2D eigenvalue weighted by molar-refractivity contribution is -0.159. The monoisotopic (exact) mass is 381 g/mol. The van der Waals surface area contributed by atoms with Gasteiger partial charge in [-0.3, -0.25) is 4.79 Å². The van der Waals surface area contributed by atoms with E-state index in [0.717, 1.165) is 35.0 Å². The molecule has 1 amide bonds. The second-order valence-electron chi connectivity index (χ2n) is 7.52. The van der Waals surface area contributed by atoms with Gasteiger partial charge in [0, 0.05) is 44.8 Å². The molecule has 3 aliphatic rings. The summed E-state index contributed by atoms with van der Waals surface area (Å²) in [6, 6.07) is 9.87. The van der Waals surface area contributed by atoms with Crippen molar-refractivity contribution in [3.8, 4) is 11.5 Å². The number of carbonyl (C=O) groups excluding carboxylic acids is 1. The van der Waals surface area contributed by atoms with E-state index < -0.39 is 5.72 Å². The van der Waals surface area contributed by atoms with Crippen molar-refractivity contribution in [2.24, 2.45) is 5.10 Å². The van der Waals surface area contributed by atoms with Crippen LogP contribution in [0.1, 0.15) is 43.6 Å². The zero-order chi connectivity index (χ0) is 19.3. The summed E-state index contributed by atoms with van der Waals surface area (Å²) in [6.45, 7) is 2.91. The number of para-hydroxylation sites is 1. The highest BCUT2D eigenvalue weighted by Gasteiger charge is 2.53. The van der Waals surface area contributed by atoms with E-state index in [1.807, 2.05) is 29.2 Å². The number of piperidine rings is 1. The van der Waals surface area contributed by atoms with Gasteiger partial charge in [-0.05, 0) is 18.2 Å². The average molecular weight is 381 g/mol. The third-order valence-electron chi connectivity index (χ3n) is 6.00. The summed E-state index contributed by atoms with van der Waals surface area (Å²) in [6.07, 6.45) is 3.80. The van der Waals surface area contributed by atoms with Gasteiger partial charge in [-0.1, -0.05) is 12.1 Å². The van der Waals surface area contributed by atoms with Gasteiger partial charge < -0.3 is 18.8 Å². The van der Waals surface area contributed by atoms with Crippen molar-refractivity contribution in [3.05, 3.63) is 47.9 Å². The maximum Gasteiger partial charge on any atom is 0.219 e. The van der Waals surface area contributed by atoms with Crippen LogP contribution in [-0.4, -0.2) is 47.5 Å². The average Bonchev–Trinajstić information content (AvgIpc) is 3.38. The van der Waals surface area contributed by atoms with E-state index in [1.165, 1.54) is 0 Å². The van der Waals surface area contributed by atoms with Gasteiger partial charge in [0.1, 0.15) is 11.5 Å². The molecule has 28 heavy (non-hydrogen) atoms. The Hall–Kier alpha value is -2.96. The molecule has 7 heteroatoms. The quantitative estimate of drug-likeness (QED) is 0.799. The van der Waals surface area contributed by atoms with Crippen molar-refractivity contribution in [1.82, 2.24) is 9.91 Å². The molecule has 0 aliphatic carbocycles. The topological polar surface area (TPSA) is 67.5 Å². The van der Waals surface area contributed by atoms with Crippen LogP contribution in [0.4, 0.5) is 0 Å². The lowest BCUT2D eigenvalue weighted by Crippen LogP contribution is -2.59. The van der Waals surface area contributed by atoms with E-state index in [0.29, 0.717) is 25.9 Å². The van der Waals surface area contributed by atoms with E-state index in [4.69, 9.17) is 19.0 Å². The van der Waals surface area contributed by atoms with Gasteiger partial charge in [0.2, 0.25) is 11.6 Å². The number of fused-ring (bicyclic) bond motifs is 4. The molecule has 0 radical (unpaired) electrons. The molecule has 146 valence electrons. The van der Waals surface area contributed by atoms with Gasteiger partial charge in [-0.15, -0.1) is 0 Å². The highest BCUT2D eigenvalue weighted by molar-refractivity contribution is 5.99. The number of rotatable bonds is 2. The van der Waals surface area contributed by atoms with Crippen molar-refractivity contribution >= 4 is 11.6 Å². The molecular weight excluding hydrogens is 358 g/mol. The molecule has 1 atom stereocenters. The zero-order valence-corrected chi connectivity index (χ0v) is 16.1. The molecule has 3 aliphatic heterocycles. The molecule has 0 saturated carbocycles. The number of furan rings is 1. The number of hydrogen-bond acceptors (Lipinski definition) is 6. The fourth-order valence-electron chi connectivity index (χ4n) is 4.52. The van der Waals surface area contributed by atoms with E-state index >= 15 is 0 Å². The minimum absolute atomic E-state index is 0.0582. The van der Waals surface area contributed by atoms with E-state index in [-0.39, 0.29) is 11.9 Å². The maximum absolute atomic E-state index is 11.8. The Bertz CT molecular complexity index is 929. The normalized spacial score (nSPS) is 22.4. The Morgan fingerprint density at radius 2 is 2.07 bits per heavy atom. The number of hydrogen-bond donors (Lipinski definition) is 0. The second kappa shape index (κ2) is 6.29. The molecule has 0 unspecified atom stereocenters. The molecular formula is C21H23N3O4. The van der Waals surface area contributed by atoms with E-state index in [2.05, 4.69) is 11.1 Å². The highest BCUT2D eigenvalue weighted by atomic mass is 16.5. The predicted octanol–water partition coefficient (Wildman–Crippen LogP) is 3.17. The van der Waals surface area contributed by atoms with Crippen LogP contribution in [0.15, 0.2) is 46.1 Å². The molecule has 4 heterocycles. The Balaban J connectivity index is 1.58. The number of ether oxygens (including phenoxy) is 2. The van der Waals surface area contributed by atoms with Crippen LogP contribution in [0.2, 0.25) is 0 Å². The third-order valence-corrected chi connectivity index (χ3v) is 6.00. The van der Waals surface area contributed by atoms with Gasteiger partial charge in [0.25, 0.3) is 0 Å². The van der Waals surface area contributed by atoms with Crippen LogP contribution >= 0.6 is 0 Å². The van der Waals surface area contributed by atoms with Gasteiger partial charge in [0.05, 0.1) is 19.4 Å². The first-order chi connectivity index (χ1) is 13.6. The first-order valence-electron chi connectivity index (χ1n) is 9.63. The van der Waals surface area contributed by atoms with Gasteiger partial charge in [-0.2, -0.15) is 5.10 Å². The zero-order valence-electron chi connectivity index (χ0n) is 16.1. The molecule has 1 fully saturated rings. The Labute approximate surface area is 163 Å². The number of amides is 1. The summed E-state index contributed by atoms with van der Waals surface area (Å²) in [5.41, 5.74) is 1.40. The van der Waals surface area contributed by atoms with Crippen molar-refractivity contribution < 1.29 is 18.7 Å². The van der Waals surface area contributed by atoms with Crippen LogP contribution in [0.3, 0.4) is 0 Å². The van der Waals surface area contributed by atoms with E-state index in [1.54, 1.807) is 20.3 Å². The summed E-state index contributed by atoms with van der Waals surface area (Å²) in [4.78, 5) is 13.7. The highest BCUT2D eigenvalue weighted by Crippen LogP contribution is 2.52. The minimum atomic E-state index is -0.591. The number of benzene rings is 1. The summed E-state index contributed by atoms with van der Waals surface area (Å²) in [7, 11) is 1.66. The predicted molar refractivity (Wildman–Crippen MR) is 102 cm³/mol. The molecule has 1 spiro atoms. The van der Waals surface area contributed by atoms with Crippen LogP contribution in [0.5, 0.6) is 11.5 Å². The minimum Gasteiger partial charge on any atom is -0.493 e. The fraction of sp³-hybridized carbons (Fsp3) is 0.429. The first kappa shape index (κ1) is 17.2. The van der Waals surface area contributed by atoms with Crippen molar-refractivity contribution in [3.63, 3.8) is 0 Å². The molecule has 0 N–H and O–H groups in total. The Kier molecular flexibility index (Phi) is 3.86. The van der Waals surface area contributed by atoms with Crippen molar-refractivity contribution in [2.45, 2.75) is 38.0 Å². The first-order valence-corrected chi connectivity index (χ1v) is 9.63. The summed E-state index contributed by atoms with van der Waals surface area (Å²) in [5.74, 6) is 2.41. The number of likely N-dealkylation sites (tertiary alicyclic amines) is 1. The van der Waals surface area contributed by atoms with Crippen LogP contribution in [0, 0.1) is 0 Å². The summed E-state index contributed by atoms with van der Waals surface area (Å²) in [5, 5.41) is 7.04. The van der Waals surface area contributed by atoms with Crippen LogP contribution in [-0.2, 0) is 4.79 Å². The molecule has 1 aromatic carbocycles. The summed E-state index contributed by atoms with van der Waals surface area (Å²) >= 11 is 0. The van der Waals surface area contributed by atoms with Gasteiger partial charge in [0.15, 0.2) is 11.5 Å². The van der Waals surface area contributed by atoms with Gasteiger partial charge >= 0.3 is 0 Å². The van der Waals surface area contributed by atoms with Crippen LogP contribution < -0.4 is 9.47 Å². The molecule has 0 bridgehead atoms. The van der Waals surface area contributed by atoms with Gasteiger partial charge in [-0.25, -0.2) is 5.01 Å². The molecule has 5 rings (SSSR count). The standard InChI is InChI=1S/C21H23N3O4/c1-14(25)23-10-8-21(9-11-23)24-17(13-16(22-24)18-7-4-12-27-18)15-5-3-6-19(26-2)20(15)28-21/h3-7,12,17H,8-11,13H2,1-2H3/t17-/m1/s1. The van der Waals surface area contributed by atoms with Crippen molar-refractivity contribution in [2.75, 3.05) is 20.2 Å². The lowest BCUT2D eigenvalue weighted by Gasteiger charge is -2.51. The SMILES string of the molecule is COc1cccc2c1OC1(CCN(C(C)=O)CC1)N1N=C(c3ccco3)C[C@H]21. The van der Waals surface area contributed by atoms with E-state index in [9.17, 15) is 4.79 Å². The maximum atomic E-state index is 11.8. The molecule has 2 aromatic rings. The fourth-order valence-corrected chi connectivity index (χ4v) is 4.52. The molecule has 1 saturated heterocycles. The summed E-state index contributed by atoms with van der Waals surface area (Å²) < 4.78 is 17.8. The number of nitrogens with zero attached hydrogens (tertiary/aromatic N) is 3. The smallest absolute Gasteiger partial charge is 0.219 e. The largest absolute Gasteiger partial charge is 0.493 e. The Morgan fingerprint density at radius 3 is 2.75 bits per heavy atom.